The molecule has 1 saturated heterocycles. The van der Waals surface area contributed by atoms with Gasteiger partial charge < -0.3 is 10.1 Å². The summed E-state index contributed by atoms with van der Waals surface area (Å²) < 4.78 is 31.8. The molecule has 1 fully saturated rings. The molecular formula is C23H31N3O4S. The first-order chi connectivity index (χ1) is 14.8. The Morgan fingerprint density at radius 2 is 1.71 bits per heavy atom. The van der Waals surface area contributed by atoms with Crippen LogP contribution < -0.4 is 10.1 Å². The molecule has 0 unspecified atom stereocenters. The number of ether oxygens (including phenoxy) is 1. The zero-order valence-electron chi connectivity index (χ0n) is 18.4. The lowest BCUT2D eigenvalue weighted by Gasteiger charge is -2.28. The van der Waals surface area contributed by atoms with E-state index in [9.17, 15) is 13.2 Å². The second kappa shape index (κ2) is 10.3. The minimum absolute atomic E-state index is 0.0383. The lowest BCUT2D eigenvalue weighted by Crippen LogP contribution is -2.42. The molecule has 0 spiro atoms. The number of rotatable bonds is 9. The molecule has 31 heavy (non-hydrogen) atoms. The van der Waals surface area contributed by atoms with E-state index < -0.39 is 10.0 Å². The highest BCUT2D eigenvalue weighted by Crippen LogP contribution is 2.26. The average Bonchev–Trinajstić information content (AvgIpc) is 3.29. The number of hydrogen-bond acceptors (Lipinski definition) is 5. The molecule has 0 saturated carbocycles. The van der Waals surface area contributed by atoms with Crippen LogP contribution in [0.2, 0.25) is 0 Å². The molecule has 0 aliphatic carbocycles. The zero-order valence-corrected chi connectivity index (χ0v) is 19.2. The summed E-state index contributed by atoms with van der Waals surface area (Å²) in [6, 6.07) is 14.5. The Hall–Kier alpha value is -2.42. The highest BCUT2D eigenvalue weighted by molar-refractivity contribution is 7.89. The quantitative estimate of drug-likeness (QED) is 0.642. The van der Waals surface area contributed by atoms with Crippen molar-refractivity contribution in [2.45, 2.75) is 30.7 Å². The molecule has 1 atom stereocenters. The van der Waals surface area contributed by atoms with Gasteiger partial charge in [0.2, 0.25) is 15.9 Å². The molecule has 2 aromatic carbocycles. The Morgan fingerprint density at radius 3 is 2.29 bits per heavy atom. The maximum absolute atomic E-state index is 12.7. The fourth-order valence-corrected chi connectivity index (χ4v) is 4.91. The summed E-state index contributed by atoms with van der Waals surface area (Å²) in [5, 5.41) is 2.93. The van der Waals surface area contributed by atoms with Gasteiger partial charge in [-0.3, -0.25) is 9.69 Å². The third kappa shape index (κ3) is 5.84. The number of sulfonamides is 1. The van der Waals surface area contributed by atoms with Crippen LogP contribution in [0.5, 0.6) is 5.75 Å². The summed E-state index contributed by atoms with van der Waals surface area (Å²) in [5.74, 6) is 0.465. The highest BCUT2D eigenvalue weighted by atomic mass is 32.2. The summed E-state index contributed by atoms with van der Waals surface area (Å²) in [5.41, 5.74) is 2.08. The van der Waals surface area contributed by atoms with Crippen LogP contribution in [-0.2, 0) is 14.8 Å². The van der Waals surface area contributed by atoms with Gasteiger partial charge in [-0.25, -0.2) is 8.42 Å². The molecular weight excluding hydrogens is 414 g/mol. The van der Waals surface area contributed by atoms with Gasteiger partial charge in [-0.15, -0.1) is 0 Å². The van der Waals surface area contributed by atoms with Gasteiger partial charge >= 0.3 is 0 Å². The average molecular weight is 446 g/mol. The molecule has 0 bridgehead atoms. The van der Waals surface area contributed by atoms with Crippen LogP contribution in [0.4, 0.5) is 0 Å². The van der Waals surface area contributed by atoms with E-state index in [1.54, 1.807) is 31.4 Å². The van der Waals surface area contributed by atoms with Gasteiger partial charge in [-0.05, 0) is 62.7 Å². The minimum atomic E-state index is -3.72. The molecule has 1 aliphatic heterocycles. The lowest BCUT2D eigenvalue weighted by molar-refractivity contribution is -0.121. The van der Waals surface area contributed by atoms with E-state index in [0.29, 0.717) is 6.54 Å². The molecule has 168 valence electrons. The molecule has 8 heteroatoms. The number of methoxy groups -OCH3 is 1. The maximum atomic E-state index is 12.7. The fraction of sp³-hybridized carbons (Fsp3) is 0.435. The number of nitrogens with one attached hydrogen (secondary N) is 1. The van der Waals surface area contributed by atoms with Crippen LogP contribution >= 0.6 is 0 Å². The summed E-state index contributed by atoms with van der Waals surface area (Å²) in [7, 11) is -0.657. The summed E-state index contributed by atoms with van der Waals surface area (Å²) >= 11 is 0. The Morgan fingerprint density at radius 1 is 1.10 bits per heavy atom. The molecule has 3 rings (SSSR count). The van der Waals surface area contributed by atoms with Crippen molar-refractivity contribution in [1.29, 1.82) is 0 Å². The molecule has 1 amide bonds. The van der Waals surface area contributed by atoms with Crippen molar-refractivity contribution >= 4 is 15.9 Å². The zero-order chi connectivity index (χ0) is 22.4. The van der Waals surface area contributed by atoms with Crippen LogP contribution in [-0.4, -0.2) is 63.9 Å². The summed E-state index contributed by atoms with van der Waals surface area (Å²) in [6.07, 6.45) is 2.27. The largest absolute Gasteiger partial charge is 0.497 e. The second-order valence-electron chi connectivity index (χ2n) is 7.91. The number of aryl methyl sites for hydroxylation is 1. The number of benzene rings is 2. The third-order valence-electron chi connectivity index (χ3n) is 5.67. The van der Waals surface area contributed by atoms with Crippen LogP contribution in [0.25, 0.3) is 0 Å². The number of likely N-dealkylation sites (N-methyl/N-ethyl adjacent to an activating group) is 1. The molecule has 1 heterocycles. The van der Waals surface area contributed by atoms with Crippen molar-refractivity contribution in [2.75, 3.05) is 40.3 Å². The number of hydrogen-bond donors (Lipinski definition) is 1. The Labute approximate surface area is 185 Å². The monoisotopic (exact) mass is 445 g/mol. The van der Waals surface area contributed by atoms with Crippen LogP contribution in [0.3, 0.4) is 0 Å². The van der Waals surface area contributed by atoms with Crippen molar-refractivity contribution in [3.63, 3.8) is 0 Å². The first kappa shape index (κ1) is 23.2. The third-order valence-corrected chi connectivity index (χ3v) is 7.49. The number of carbonyl (C=O) groups is 1. The SMILES string of the molecule is COc1ccc([C@H](CNC(=O)CN(C)S(=O)(=O)c2ccc(C)cc2)N2CCCC2)cc1. The van der Waals surface area contributed by atoms with E-state index in [1.807, 2.05) is 31.2 Å². The maximum Gasteiger partial charge on any atom is 0.243 e. The first-order valence-corrected chi connectivity index (χ1v) is 11.9. The van der Waals surface area contributed by atoms with Gasteiger partial charge in [0.1, 0.15) is 5.75 Å². The van der Waals surface area contributed by atoms with E-state index in [-0.39, 0.29) is 23.4 Å². The Kier molecular flexibility index (Phi) is 7.69. The van der Waals surface area contributed by atoms with Gasteiger partial charge in [0.25, 0.3) is 0 Å². The Balaban J connectivity index is 1.64. The van der Waals surface area contributed by atoms with Gasteiger partial charge in [-0.1, -0.05) is 29.8 Å². The van der Waals surface area contributed by atoms with Crippen LogP contribution in [0.1, 0.15) is 30.0 Å². The molecule has 7 nitrogen and oxygen atoms in total. The molecule has 1 N–H and O–H groups in total. The van der Waals surface area contributed by atoms with Crippen molar-refractivity contribution in [3.8, 4) is 5.75 Å². The van der Waals surface area contributed by atoms with Crippen LogP contribution in [0.15, 0.2) is 53.4 Å². The molecule has 0 radical (unpaired) electrons. The lowest BCUT2D eigenvalue weighted by atomic mass is 10.1. The van der Waals surface area contributed by atoms with E-state index in [2.05, 4.69) is 10.2 Å². The molecule has 0 aromatic heterocycles. The smallest absolute Gasteiger partial charge is 0.243 e. The standard InChI is InChI=1S/C23H31N3O4S/c1-18-6-12-21(13-7-18)31(28,29)25(2)17-23(27)24-16-22(26-14-4-5-15-26)19-8-10-20(30-3)11-9-19/h6-13,22H,4-5,14-17H2,1-3H3,(H,24,27)/t22-/m0/s1. The van der Waals surface area contributed by atoms with Crippen molar-refractivity contribution in [1.82, 2.24) is 14.5 Å². The number of nitrogens with zero attached hydrogens (tertiary/aromatic N) is 2. The van der Waals surface area contributed by atoms with Gasteiger partial charge in [0, 0.05) is 13.6 Å². The first-order valence-electron chi connectivity index (χ1n) is 10.5. The van der Waals surface area contributed by atoms with Crippen molar-refractivity contribution in [2.24, 2.45) is 0 Å². The van der Waals surface area contributed by atoms with Gasteiger partial charge in [0.05, 0.1) is 24.6 Å². The molecule has 2 aromatic rings. The summed E-state index contributed by atoms with van der Waals surface area (Å²) in [6.45, 7) is 4.05. The summed E-state index contributed by atoms with van der Waals surface area (Å²) in [4.78, 5) is 15.1. The topological polar surface area (TPSA) is 79.0 Å². The number of carbonyl (C=O) groups excluding carboxylic acids is 1. The predicted octanol–water partition coefficient (Wildman–Crippen LogP) is 2.58. The van der Waals surface area contributed by atoms with Crippen molar-refractivity contribution < 1.29 is 17.9 Å². The van der Waals surface area contributed by atoms with Gasteiger partial charge in [0.15, 0.2) is 0 Å². The van der Waals surface area contributed by atoms with Crippen molar-refractivity contribution in [3.05, 3.63) is 59.7 Å². The minimum Gasteiger partial charge on any atom is -0.497 e. The normalized spacial score (nSPS) is 15.7. The fourth-order valence-electron chi connectivity index (χ4n) is 3.78. The number of amides is 1. The van der Waals surface area contributed by atoms with E-state index in [1.165, 1.54) is 7.05 Å². The number of likely N-dealkylation sites (tertiary alicyclic amines) is 1. The highest BCUT2D eigenvalue weighted by Gasteiger charge is 2.26. The van der Waals surface area contributed by atoms with E-state index >= 15 is 0 Å². The second-order valence-corrected chi connectivity index (χ2v) is 9.96. The van der Waals surface area contributed by atoms with Crippen LogP contribution in [0, 0.1) is 6.92 Å². The predicted molar refractivity (Wildman–Crippen MR) is 121 cm³/mol. The molecule has 1 aliphatic rings. The van der Waals surface area contributed by atoms with Gasteiger partial charge in [-0.2, -0.15) is 4.31 Å². The van der Waals surface area contributed by atoms with E-state index in [4.69, 9.17) is 4.74 Å². The Bertz CT molecular complexity index is 969. The van der Waals surface area contributed by atoms with E-state index in [0.717, 1.165) is 47.1 Å².